The van der Waals surface area contributed by atoms with Crippen molar-refractivity contribution < 1.29 is 14.6 Å². The highest BCUT2D eigenvalue weighted by molar-refractivity contribution is 5.69. The van der Waals surface area contributed by atoms with E-state index < -0.39 is 5.97 Å². The van der Waals surface area contributed by atoms with E-state index in [2.05, 4.69) is 26.0 Å². The number of carboxylic acids is 1. The molecule has 2 aliphatic carbocycles. The lowest BCUT2D eigenvalue weighted by Crippen LogP contribution is -2.21. The molecule has 0 aromatic heterocycles. The summed E-state index contributed by atoms with van der Waals surface area (Å²) in [5.74, 6) is 0.963. The fourth-order valence-corrected chi connectivity index (χ4v) is 3.92. The van der Waals surface area contributed by atoms with Crippen LogP contribution in [0.5, 0.6) is 0 Å². The second kappa shape index (κ2) is 14.3. The molecule has 1 saturated carbocycles. The van der Waals surface area contributed by atoms with Crippen molar-refractivity contribution in [3.63, 3.8) is 0 Å². The van der Waals surface area contributed by atoms with Gasteiger partial charge in [0.25, 0.3) is 0 Å². The van der Waals surface area contributed by atoms with Crippen molar-refractivity contribution in [1.82, 2.24) is 0 Å². The van der Waals surface area contributed by atoms with Gasteiger partial charge in [0.2, 0.25) is 0 Å². The topological polar surface area (TPSA) is 46.5 Å². The molecule has 0 spiro atoms. The summed E-state index contributed by atoms with van der Waals surface area (Å²) >= 11 is 0. The predicted octanol–water partition coefficient (Wildman–Crippen LogP) is 6.62. The molecule has 0 radical (unpaired) electrons. The smallest absolute Gasteiger partial charge is 0.306 e. The van der Waals surface area contributed by atoms with Crippen molar-refractivity contribution >= 4 is 5.97 Å². The molecule has 1 N–H and O–H groups in total. The first kappa shape index (κ1) is 23.2. The van der Waals surface area contributed by atoms with Crippen LogP contribution in [0.25, 0.3) is 0 Å². The Hall–Kier alpha value is -0.830. The van der Waals surface area contributed by atoms with Crippen molar-refractivity contribution in [2.45, 2.75) is 104 Å². The molecule has 152 valence electrons. The summed E-state index contributed by atoms with van der Waals surface area (Å²) < 4.78 is 5.78. The van der Waals surface area contributed by atoms with Crippen LogP contribution in [0.1, 0.15) is 97.8 Å². The average molecular weight is 367 g/mol. The summed E-state index contributed by atoms with van der Waals surface area (Å²) in [4.78, 5) is 10.9. The molecule has 0 saturated heterocycles. The largest absolute Gasteiger partial charge is 0.481 e. The standard InChI is InChI=1S/C16H32O3.C7H10/c1-4-6-7-8-9-10-11-15(19-12-5-2)13-14(3)16(17)18;1-2-7-4-3-6(1)5-7/h14-15H,4-13H2,1-3H3,(H,17,18);1-2,6-7H,3-5H2. The molecule has 0 aliphatic heterocycles. The van der Waals surface area contributed by atoms with Gasteiger partial charge in [-0.3, -0.25) is 4.79 Å². The first-order valence-electron chi connectivity index (χ1n) is 11.1. The first-order valence-corrected chi connectivity index (χ1v) is 11.1. The molecule has 4 unspecified atom stereocenters. The monoisotopic (exact) mass is 366 g/mol. The van der Waals surface area contributed by atoms with E-state index in [1.807, 2.05) is 0 Å². The van der Waals surface area contributed by atoms with Gasteiger partial charge in [-0.25, -0.2) is 0 Å². The van der Waals surface area contributed by atoms with Gasteiger partial charge in [-0.2, -0.15) is 0 Å². The Bertz CT molecular complexity index is 379. The van der Waals surface area contributed by atoms with E-state index in [1.165, 1.54) is 51.4 Å². The minimum atomic E-state index is -0.715. The number of allylic oxidation sites excluding steroid dienone is 2. The molecule has 2 rings (SSSR count). The van der Waals surface area contributed by atoms with Gasteiger partial charge in [-0.05, 0) is 50.4 Å². The number of aliphatic carboxylic acids is 1. The maximum Gasteiger partial charge on any atom is 0.306 e. The molecule has 3 heteroatoms. The quantitative estimate of drug-likeness (QED) is 0.294. The second-order valence-corrected chi connectivity index (χ2v) is 8.24. The zero-order valence-electron chi connectivity index (χ0n) is 17.4. The van der Waals surface area contributed by atoms with Gasteiger partial charge in [-0.15, -0.1) is 0 Å². The number of unbranched alkanes of at least 4 members (excludes halogenated alkanes) is 5. The van der Waals surface area contributed by atoms with Gasteiger partial charge in [0.1, 0.15) is 0 Å². The van der Waals surface area contributed by atoms with Crippen molar-refractivity contribution in [3.05, 3.63) is 12.2 Å². The van der Waals surface area contributed by atoms with Crippen LogP contribution in [0.2, 0.25) is 0 Å². The minimum Gasteiger partial charge on any atom is -0.481 e. The van der Waals surface area contributed by atoms with Gasteiger partial charge >= 0.3 is 5.97 Å². The van der Waals surface area contributed by atoms with Gasteiger partial charge in [-0.1, -0.05) is 71.4 Å². The zero-order valence-corrected chi connectivity index (χ0v) is 17.4. The maximum absolute atomic E-state index is 10.9. The van der Waals surface area contributed by atoms with Gasteiger partial charge in [0, 0.05) is 6.61 Å². The van der Waals surface area contributed by atoms with Crippen LogP contribution in [-0.4, -0.2) is 23.8 Å². The Morgan fingerprint density at radius 1 is 1.04 bits per heavy atom. The summed E-state index contributed by atoms with van der Waals surface area (Å²) in [7, 11) is 0. The molecule has 3 nitrogen and oxygen atoms in total. The Morgan fingerprint density at radius 3 is 2.12 bits per heavy atom. The summed E-state index contributed by atoms with van der Waals surface area (Å²) in [6.45, 7) is 6.82. The number of carbonyl (C=O) groups is 1. The van der Waals surface area contributed by atoms with Crippen molar-refractivity contribution in [2.24, 2.45) is 17.8 Å². The van der Waals surface area contributed by atoms with Gasteiger partial charge in [0.15, 0.2) is 0 Å². The Labute approximate surface area is 161 Å². The molecule has 1 fully saturated rings. The maximum atomic E-state index is 10.9. The van der Waals surface area contributed by atoms with Crippen LogP contribution in [0.4, 0.5) is 0 Å². The Balaban J connectivity index is 0.000000389. The zero-order chi connectivity index (χ0) is 19.2. The predicted molar refractivity (Wildman–Crippen MR) is 109 cm³/mol. The third-order valence-corrected chi connectivity index (χ3v) is 5.64. The van der Waals surface area contributed by atoms with E-state index in [0.29, 0.717) is 6.42 Å². The number of carboxylic acid groups (broad SMARTS) is 1. The summed E-state index contributed by atoms with van der Waals surface area (Å²) in [5.41, 5.74) is 0. The first-order chi connectivity index (χ1) is 12.6. The highest BCUT2D eigenvalue weighted by Crippen LogP contribution is 2.38. The Morgan fingerprint density at radius 2 is 1.65 bits per heavy atom. The van der Waals surface area contributed by atoms with Crippen molar-refractivity contribution in [2.75, 3.05) is 6.61 Å². The Kier molecular flexibility index (Phi) is 12.7. The van der Waals surface area contributed by atoms with E-state index in [-0.39, 0.29) is 12.0 Å². The highest BCUT2D eigenvalue weighted by Gasteiger charge is 2.25. The van der Waals surface area contributed by atoms with E-state index in [1.54, 1.807) is 6.92 Å². The second-order valence-electron chi connectivity index (χ2n) is 8.24. The van der Waals surface area contributed by atoms with Crippen LogP contribution in [-0.2, 0) is 9.53 Å². The lowest BCUT2D eigenvalue weighted by Gasteiger charge is -2.19. The van der Waals surface area contributed by atoms with Crippen LogP contribution in [0, 0.1) is 17.8 Å². The van der Waals surface area contributed by atoms with Gasteiger partial charge < -0.3 is 9.84 Å². The molecule has 2 bridgehead atoms. The van der Waals surface area contributed by atoms with E-state index in [0.717, 1.165) is 37.7 Å². The molecule has 4 atom stereocenters. The molecular weight excluding hydrogens is 324 g/mol. The van der Waals surface area contributed by atoms with E-state index in [9.17, 15) is 4.79 Å². The number of hydrogen-bond acceptors (Lipinski definition) is 2. The number of hydrogen-bond donors (Lipinski definition) is 1. The average Bonchev–Trinajstić information content (AvgIpc) is 3.28. The summed E-state index contributed by atoms with van der Waals surface area (Å²) in [6.07, 6.45) is 19.6. The molecular formula is C23H42O3. The molecule has 2 aliphatic rings. The van der Waals surface area contributed by atoms with Crippen molar-refractivity contribution in [1.29, 1.82) is 0 Å². The third-order valence-electron chi connectivity index (χ3n) is 5.64. The normalized spacial score (nSPS) is 22.7. The van der Waals surface area contributed by atoms with Crippen LogP contribution in [0.3, 0.4) is 0 Å². The van der Waals surface area contributed by atoms with Crippen LogP contribution in [0.15, 0.2) is 12.2 Å². The SMILES string of the molecule is C1=CC2CCC1C2.CCCCCCCCC(CC(C)C(=O)O)OCCC. The summed E-state index contributed by atoms with van der Waals surface area (Å²) in [5, 5.41) is 8.97. The van der Waals surface area contributed by atoms with Crippen molar-refractivity contribution in [3.8, 4) is 0 Å². The lowest BCUT2D eigenvalue weighted by atomic mass is 9.99. The minimum absolute atomic E-state index is 0.122. The number of rotatable bonds is 13. The molecule has 0 heterocycles. The fraction of sp³-hybridized carbons (Fsp3) is 0.870. The molecule has 26 heavy (non-hydrogen) atoms. The molecule has 0 aromatic rings. The van der Waals surface area contributed by atoms with E-state index >= 15 is 0 Å². The van der Waals surface area contributed by atoms with Crippen LogP contribution >= 0.6 is 0 Å². The third kappa shape index (κ3) is 10.4. The fourth-order valence-electron chi connectivity index (χ4n) is 3.92. The molecule has 0 amide bonds. The number of ether oxygens (including phenoxy) is 1. The molecule has 0 aromatic carbocycles. The van der Waals surface area contributed by atoms with E-state index in [4.69, 9.17) is 9.84 Å². The highest BCUT2D eigenvalue weighted by atomic mass is 16.5. The van der Waals surface area contributed by atoms with Gasteiger partial charge in [0.05, 0.1) is 12.0 Å². The number of fused-ring (bicyclic) bond motifs is 2. The van der Waals surface area contributed by atoms with Crippen LogP contribution < -0.4 is 0 Å². The summed E-state index contributed by atoms with van der Waals surface area (Å²) in [6, 6.07) is 0. The lowest BCUT2D eigenvalue weighted by molar-refractivity contribution is -0.142.